The number of ether oxygens (including phenoxy) is 2. The van der Waals surface area contributed by atoms with Crippen LogP contribution in [0.15, 0.2) is 36.5 Å². The van der Waals surface area contributed by atoms with Crippen LogP contribution in [0, 0.1) is 6.92 Å². The lowest BCUT2D eigenvalue weighted by Crippen LogP contribution is -2.42. The van der Waals surface area contributed by atoms with Gasteiger partial charge in [-0.2, -0.15) is 0 Å². The summed E-state index contributed by atoms with van der Waals surface area (Å²) in [5.41, 5.74) is 2.40. The Morgan fingerprint density at radius 3 is 2.53 bits per heavy atom. The number of amides is 2. The minimum Gasteiger partial charge on any atom is -0.496 e. The van der Waals surface area contributed by atoms with Crippen LogP contribution < -0.4 is 10.1 Å². The highest BCUT2D eigenvalue weighted by Gasteiger charge is 2.28. The number of aromatic nitrogens is 1. The highest BCUT2D eigenvalue weighted by molar-refractivity contribution is 5.92. The van der Waals surface area contributed by atoms with Gasteiger partial charge in [-0.25, -0.2) is 4.79 Å². The van der Waals surface area contributed by atoms with E-state index in [1.165, 1.54) is 5.56 Å². The lowest BCUT2D eigenvalue weighted by molar-refractivity contribution is 0.0187. The predicted octanol–water partition coefficient (Wildman–Crippen LogP) is 4.35. The van der Waals surface area contributed by atoms with Gasteiger partial charge in [0.05, 0.1) is 7.11 Å². The van der Waals surface area contributed by atoms with Gasteiger partial charge in [0.1, 0.15) is 17.0 Å². The van der Waals surface area contributed by atoms with Crippen molar-refractivity contribution in [3.05, 3.63) is 53.3 Å². The molecule has 7 heteroatoms. The maximum atomic E-state index is 12.9. The van der Waals surface area contributed by atoms with E-state index in [-0.39, 0.29) is 18.0 Å². The van der Waals surface area contributed by atoms with Gasteiger partial charge in [0, 0.05) is 31.9 Å². The number of nitrogens with one attached hydrogen (secondary N) is 1. The van der Waals surface area contributed by atoms with Crippen molar-refractivity contribution in [2.75, 3.05) is 26.7 Å². The highest BCUT2D eigenvalue weighted by Crippen LogP contribution is 2.26. The third-order valence-corrected chi connectivity index (χ3v) is 5.64. The molecule has 0 spiro atoms. The van der Waals surface area contributed by atoms with Crippen LogP contribution in [0.25, 0.3) is 0 Å². The number of aryl methyl sites for hydroxylation is 1. The molecule has 2 heterocycles. The first-order valence-corrected chi connectivity index (χ1v) is 11.2. The van der Waals surface area contributed by atoms with Crippen molar-refractivity contribution in [2.45, 2.75) is 58.6 Å². The van der Waals surface area contributed by atoms with Gasteiger partial charge in [-0.3, -0.25) is 4.79 Å². The summed E-state index contributed by atoms with van der Waals surface area (Å²) in [4.78, 5) is 26.9. The fraction of sp³-hybridized carbons (Fsp3) is 0.520. The van der Waals surface area contributed by atoms with E-state index in [1.54, 1.807) is 12.0 Å². The van der Waals surface area contributed by atoms with E-state index in [0.29, 0.717) is 31.7 Å². The summed E-state index contributed by atoms with van der Waals surface area (Å²) >= 11 is 0. The van der Waals surface area contributed by atoms with Gasteiger partial charge in [-0.1, -0.05) is 17.7 Å². The second-order valence-corrected chi connectivity index (χ2v) is 9.32. The van der Waals surface area contributed by atoms with Crippen molar-refractivity contribution >= 4 is 12.0 Å². The van der Waals surface area contributed by atoms with Gasteiger partial charge in [-0.15, -0.1) is 0 Å². The number of hydrogen-bond acceptors (Lipinski definition) is 4. The van der Waals surface area contributed by atoms with Gasteiger partial charge in [0.25, 0.3) is 5.91 Å². The molecule has 1 saturated heterocycles. The molecular weight excluding hydrogens is 406 g/mol. The van der Waals surface area contributed by atoms with E-state index < -0.39 is 5.60 Å². The van der Waals surface area contributed by atoms with Crippen LogP contribution in [0.2, 0.25) is 0 Å². The van der Waals surface area contributed by atoms with Gasteiger partial charge in [-0.05, 0) is 70.7 Å². The molecule has 0 radical (unpaired) electrons. The third kappa shape index (κ3) is 6.05. The van der Waals surface area contributed by atoms with Crippen molar-refractivity contribution in [3.8, 4) is 5.75 Å². The molecule has 1 aromatic heterocycles. The summed E-state index contributed by atoms with van der Waals surface area (Å²) in [6, 6.07) is 10.00. The first-order valence-electron chi connectivity index (χ1n) is 11.2. The van der Waals surface area contributed by atoms with Crippen molar-refractivity contribution in [1.82, 2.24) is 14.8 Å². The van der Waals surface area contributed by atoms with Crippen molar-refractivity contribution in [3.63, 3.8) is 0 Å². The standard InChI is InChI=1S/C25H35N3O4/c1-18-8-9-22(31-5)19(17-18)10-13-26-23(29)21-7-6-14-28(21)20-11-15-27(16-12-20)24(30)32-25(2,3)4/h6-9,14,17,20H,10-13,15-16H2,1-5H3,(H,26,29). The number of rotatable bonds is 6. The Morgan fingerprint density at radius 1 is 1.16 bits per heavy atom. The van der Waals surface area contributed by atoms with Crippen molar-refractivity contribution < 1.29 is 19.1 Å². The summed E-state index contributed by atoms with van der Waals surface area (Å²) < 4.78 is 12.9. The Hall–Kier alpha value is -2.96. The first-order chi connectivity index (χ1) is 15.2. The smallest absolute Gasteiger partial charge is 0.410 e. The van der Waals surface area contributed by atoms with E-state index in [9.17, 15) is 9.59 Å². The largest absolute Gasteiger partial charge is 0.496 e. The van der Waals surface area contributed by atoms with E-state index in [1.807, 2.05) is 62.7 Å². The lowest BCUT2D eigenvalue weighted by atomic mass is 10.0. The Kier molecular flexibility index (Phi) is 7.48. The first kappa shape index (κ1) is 23.7. The third-order valence-electron chi connectivity index (χ3n) is 5.64. The van der Waals surface area contributed by atoms with Crippen LogP contribution in [0.4, 0.5) is 4.79 Å². The molecule has 2 aromatic rings. The molecule has 2 amide bonds. The lowest BCUT2D eigenvalue weighted by Gasteiger charge is -2.34. The maximum Gasteiger partial charge on any atom is 0.410 e. The average molecular weight is 442 g/mol. The molecule has 1 N–H and O–H groups in total. The van der Waals surface area contributed by atoms with Crippen LogP contribution in [-0.4, -0.2) is 53.8 Å². The summed E-state index contributed by atoms with van der Waals surface area (Å²) in [6.07, 6.45) is 3.95. The second-order valence-electron chi connectivity index (χ2n) is 9.32. The Balaban J connectivity index is 1.55. The van der Waals surface area contributed by atoms with Crippen LogP contribution in [0.3, 0.4) is 0 Å². The Morgan fingerprint density at radius 2 is 1.88 bits per heavy atom. The molecule has 174 valence electrons. The second kappa shape index (κ2) is 10.1. The molecule has 0 aliphatic carbocycles. The zero-order chi connectivity index (χ0) is 23.3. The summed E-state index contributed by atoms with van der Waals surface area (Å²) in [5.74, 6) is 0.751. The van der Waals surface area contributed by atoms with E-state index >= 15 is 0 Å². The SMILES string of the molecule is COc1ccc(C)cc1CCNC(=O)c1cccn1C1CCN(C(=O)OC(C)(C)C)CC1. The fourth-order valence-electron chi connectivity index (χ4n) is 4.06. The van der Waals surface area contributed by atoms with Gasteiger partial charge < -0.3 is 24.3 Å². The molecule has 1 aliphatic rings. The Bertz CT molecular complexity index is 937. The molecule has 32 heavy (non-hydrogen) atoms. The molecule has 0 atom stereocenters. The summed E-state index contributed by atoms with van der Waals surface area (Å²) in [6.45, 7) is 9.42. The highest BCUT2D eigenvalue weighted by atomic mass is 16.6. The topological polar surface area (TPSA) is 72.8 Å². The van der Waals surface area contributed by atoms with Crippen LogP contribution in [0.5, 0.6) is 5.75 Å². The number of carbonyl (C=O) groups excluding carboxylic acids is 2. The van der Waals surface area contributed by atoms with Crippen molar-refractivity contribution in [2.24, 2.45) is 0 Å². The van der Waals surface area contributed by atoms with Crippen molar-refractivity contribution in [1.29, 1.82) is 0 Å². The maximum absolute atomic E-state index is 12.9. The normalized spacial score (nSPS) is 14.8. The fourth-order valence-corrected chi connectivity index (χ4v) is 4.06. The molecule has 0 bridgehead atoms. The Labute approximate surface area is 190 Å². The van der Waals surface area contributed by atoms with Gasteiger partial charge >= 0.3 is 6.09 Å². The van der Waals surface area contributed by atoms with Gasteiger partial charge in [0.2, 0.25) is 0 Å². The van der Waals surface area contributed by atoms with E-state index in [2.05, 4.69) is 11.4 Å². The van der Waals surface area contributed by atoms with E-state index in [4.69, 9.17) is 9.47 Å². The molecular formula is C25H35N3O4. The number of methoxy groups -OCH3 is 1. The molecule has 7 nitrogen and oxygen atoms in total. The molecule has 3 rings (SSSR count). The molecule has 1 aromatic carbocycles. The average Bonchev–Trinajstić information content (AvgIpc) is 3.23. The number of benzene rings is 1. The number of nitrogens with zero attached hydrogens (tertiary/aromatic N) is 2. The van der Waals surface area contributed by atoms with Crippen LogP contribution in [0.1, 0.15) is 61.3 Å². The number of piperidine rings is 1. The molecule has 0 unspecified atom stereocenters. The monoisotopic (exact) mass is 441 g/mol. The predicted molar refractivity (Wildman–Crippen MR) is 124 cm³/mol. The molecule has 0 saturated carbocycles. The summed E-state index contributed by atoms with van der Waals surface area (Å²) in [7, 11) is 1.66. The zero-order valence-corrected chi connectivity index (χ0v) is 19.8. The minimum absolute atomic E-state index is 0.0869. The number of carbonyl (C=O) groups is 2. The van der Waals surface area contributed by atoms with Crippen LogP contribution in [-0.2, 0) is 11.2 Å². The quantitative estimate of drug-likeness (QED) is 0.723. The zero-order valence-electron chi connectivity index (χ0n) is 19.8. The number of likely N-dealkylation sites (tertiary alicyclic amines) is 1. The minimum atomic E-state index is -0.498. The number of hydrogen-bond donors (Lipinski definition) is 1. The van der Waals surface area contributed by atoms with E-state index in [0.717, 1.165) is 24.2 Å². The van der Waals surface area contributed by atoms with Crippen LogP contribution >= 0.6 is 0 Å². The summed E-state index contributed by atoms with van der Waals surface area (Å²) in [5, 5.41) is 3.04. The molecule has 1 aliphatic heterocycles. The molecule has 1 fully saturated rings. The van der Waals surface area contributed by atoms with Gasteiger partial charge in [0.15, 0.2) is 0 Å².